The van der Waals surface area contributed by atoms with Crippen molar-refractivity contribution in [3.8, 4) is 11.5 Å². The minimum absolute atomic E-state index is 0.329. The van der Waals surface area contributed by atoms with Gasteiger partial charge in [0.1, 0.15) is 12.4 Å². The third-order valence-electron chi connectivity index (χ3n) is 3.65. The van der Waals surface area contributed by atoms with Gasteiger partial charge in [-0.3, -0.25) is 14.9 Å². The van der Waals surface area contributed by atoms with E-state index in [0.717, 1.165) is 28.6 Å². The number of nitrogens with one attached hydrogen (secondary N) is 1. The van der Waals surface area contributed by atoms with Crippen LogP contribution in [0.5, 0.6) is 11.5 Å². The molecule has 0 atom stereocenters. The molecule has 2 aromatic carbocycles. The molecule has 6 heteroatoms. The van der Waals surface area contributed by atoms with Crippen LogP contribution in [0.2, 0.25) is 0 Å². The molecule has 0 spiro atoms. The standard InChI is InChI=1S/C19H13NO4S/c21-18-17(25-19(22)20-18)10-13-6-7-15-16(9-13)23-11-14(24-15)8-12-4-2-1-3-5-12/h1-10H,11H2,(H,20,21,22)/b14-8-,17-10-. The van der Waals surface area contributed by atoms with Crippen molar-refractivity contribution >= 4 is 35.1 Å². The Hall–Kier alpha value is -2.99. The van der Waals surface area contributed by atoms with Gasteiger partial charge in [-0.15, -0.1) is 0 Å². The van der Waals surface area contributed by atoms with Gasteiger partial charge in [0.15, 0.2) is 11.5 Å². The van der Waals surface area contributed by atoms with Crippen molar-refractivity contribution in [1.82, 2.24) is 5.32 Å². The Kier molecular flexibility index (Phi) is 4.03. The molecule has 25 heavy (non-hydrogen) atoms. The number of amides is 2. The number of carbonyl (C=O) groups excluding carboxylic acids is 2. The van der Waals surface area contributed by atoms with Crippen molar-refractivity contribution in [1.29, 1.82) is 0 Å². The summed E-state index contributed by atoms with van der Waals surface area (Å²) in [5, 5.41) is 1.87. The van der Waals surface area contributed by atoms with Crippen LogP contribution in [0.3, 0.4) is 0 Å². The number of ether oxygens (including phenoxy) is 2. The second kappa shape index (κ2) is 6.49. The summed E-state index contributed by atoms with van der Waals surface area (Å²) >= 11 is 0.888. The molecule has 0 saturated carbocycles. The minimum Gasteiger partial charge on any atom is -0.482 e. The number of hydrogen-bond donors (Lipinski definition) is 1. The summed E-state index contributed by atoms with van der Waals surface area (Å²) in [5.41, 5.74) is 1.81. The van der Waals surface area contributed by atoms with E-state index < -0.39 is 0 Å². The zero-order valence-electron chi connectivity index (χ0n) is 13.0. The molecule has 2 aliphatic heterocycles. The molecule has 1 fully saturated rings. The number of thioether (sulfide) groups is 1. The average molecular weight is 351 g/mol. The molecule has 0 aromatic heterocycles. The van der Waals surface area contributed by atoms with Crippen LogP contribution < -0.4 is 14.8 Å². The van der Waals surface area contributed by atoms with Crippen LogP contribution in [0.1, 0.15) is 11.1 Å². The van der Waals surface area contributed by atoms with Gasteiger partial charge in [-0.2, -0.15) is 0 Å². The van der Waals surface area contributed by atoms with Crippen LogP contribution in [-0.2, 0) is 4.79 Å². The summed E-state index contributed by atoms with van der Waals surface area (Å²) in [6.45, 7) is 0.329. The maximum absolute atomic E-state index is 11.6. The quantitative estimate of drug-likeness (QED) is 0.833. The summed E-state index contributed by atoms with van der Waals surface area (Å²) in [6, 6.07) is 15.3. The molecule has 2 aromatic rings. The van der Waals surface area contributed by atoms with Gasteiger partial charge in [0.2, 0.25) is 0 Å². The Morgan fingerprint density at radius 2 is 1.80 bits per heavy atom. The highest BCUT2D eigenvalue weighted by atomic mass is 32.2. The molecular formula is C19H13NO4S. The molecule has 0 bridgehead atoms. The molecule has 0 radical (unpaired) electrons. The summed E-state index contributed by atoms with van der Waals surface area (Å²) in [5.74, 6) is 1.57. The third-order valence-corrected chi connectivity index (χ3v) is 4.46. The van der Waals surface area contributed by atoms with E-state index in [2.05, 4.69) is 5.32 Å². The SMILES string of the molecule is O=C1NC(=O)/C(=C/c2ccc3c(c2)OC/C(=C/c2ccccc2)O3)S1. The second-order valence-corrected chi connectivity index (χ2v) is 6.49. The summed E-state index contributed by atoms with van der Waals surface area (Å²) < 4.78 is 11.6. The van der Waals surface area contributed by atoms with Gasteiger partial charge in [0, 0.05) is 0 Å². The van der Waals surface area contributed by atoms with E-state index in [0.29, 0.717) is 23.0 Å². The van der Waals surface area contributed by atoms with E-state index in [-0.39, 0.29) is 11.1 Å². The molecule has 0 unspecified atom stereocenters. The highest BCUT2D eigenvalue weighted by molar-refractivity contribution is 8.18. The molecule has 1 N–H and O–H groups in total. The van der Waals surface area contributed by atoms with Crippen LogP contribution in [0.15, 0.2) is 59.2 Å². The lowest BCUT2D eigenvalue weighted by Gasteiger charge is -2.21. The average Bonchev–Trinajstić information content (AvgIpc) is 2.93. The first-order valence-corrected chi connectivity index (χ1v) is 8.44. The molecule has 0 aliphatic carbocycles. The molecule has 2 aliphatic rings. The van der Waals surface area contributed by atoms with Gasteiger partial charge >= 0.3 is 0 Å². The maximum Gasteiger partial charge on any atom is 0.290 e. The molecular weight excluding hydrogens is 338 g/mol. The summed E-state index contributed by atoms with van der Waals surface area (Å²) in [6.07, 6.45) is 3.59. The van der Waals surface area contributed by atoms with Crippen molar-refractivity contribution < 1.29 is 19.1 Å². The molecule has 2 amide bonds. The fraction of sp³-hybridized carbons (Fsp3) is 0.0526. The monoisotopic (exact) mass is 351 g/mol. The lowest BCUT2D eigenvalue weighted by molar-refractivity contribution is -0.115. The lowest BCUT2D eigenvalue weighted by atomic mass is 10.1. The Bertz CT molecular complexity index is 918. The maximum atomic E-state index is 11.6. The van der Waals surface area contributed by atoms with Gasteiger partial charge in [-0.25, -0.2) is 0 Å². The lowest BCUT2D eigenvalue weighted by Crippen LogP contribution is -2.17. The Balaban J connectivity index is 1.56. The molecule has 2 heterocycles. The van der Waals surface area contributed by atoms with Gasteiger partial charge in [0.25, 0.3) is 11.1 Å². The van der Waals surface area contributed by atoms with Crippen LogP contribution in [0.25, 0.3) is 12.2 Å². The van der Waals surface area contributed by atoms with Crippen LogP contribution in [-0.4, -0.2) is 17.8 Å². The number of rotatable bonds is 2. The third kappa shape index (κ3) is 3.44. The van der Waals surface area contributed by atoms with Crippen molar-refractivity contribution in [2.24, 2.45) is 0 Å². The van der Waals surface area contributed by atoms with Gasteiger partial charge < -0.3 is 9.47 Å². The number of benzene rings is 2. The Morgan fingerprint density at radius 3 is 2.56 bits per heavy atom. The number of fused-ring (bicyclic) bond motifs is 1. The zero-order chi connectivity index (χ0) is 17.2. The molecule has 5 nitrogen and oxygen atoms in total. The number of carbonyl (C=O) groups is 2. The van der Waals surface area contributed by atoms with E-state index in [1.165, 1.54) is 0 Å². The molecule has 124 valence electrons. The van der Waals surface area contributed by atoms with Crippen LogP contribution in [0, 0.1) is 0 Å². The zero-order valence-corrected chi connectivity index (χ0v) is 13.8. The van der Waals surface area contributed by atoms with E-state index in [4.69, 9.17) is 9.47 Å². The van der Waals surface area contributed by atoms with E-state index in [1.54, 1.807) is 18.2 Å². The Labute approximate surface area is 148 Å². The normalized spacial score (nSPS) is 19.4. The van der Waals surface area contributed by atoms with Gasteiger partial charge in [-0.1, -0.05) is 36.4 Å². The largest absolute Gasteiger partial charge is 0.482 e. The van der Waals surface area contributed by atoms with E-state index in [1.807, 2.05) is 42.5 Å². The van der Waals surface area contributed by atoms with Crippen molar-refractivity contribution in [3.05, 3.63) is 70.3 Å². The van der Waals surface area contributed by atoms with Gasteiger partial charge in [-0.05, 0) is 47.2 Å². The van der Waals surface area contributed by atoms with Crippen LogP contribution >= 0.6 is 11.8 Å². The van der Waals surface area contributed by atoms with Gasteiger partial charge in [0.05, 0.1) is 4.91 Å². The fourth-order valence-electron chi connectivity index (χ4n) is 2.51. The summed E-state index contributed by atoms with van der Waals surface area (Å²) in [4.78, 5) is 23.2. The highest BCUT2D eigenvalue weighted by Gasteiger charge is 2.25. The van der Waals surface area contributed by atoms with Crippen molar-refractivity contribution in [2.45, 2.75) is 0 Å². The number of hydrogen-bond acceptors (Lipinski definition) is 5. The smallest absolute Gasteiger partial charge is 0.290 e. The first kappa shape index (κ1) is 15.5. The van der Waals surface area contributed by atoms with E-state index in [9.17, 15) is 9.59 Å². The minimum atomic E-state index is -0.377. The van der Waals surface area contributed by atoms with Crippen molar-refractivity contribution in [2.75, 3.05) is 6.61 Å². The predicted octanol–water partition coefficient (Wildman–Crippen LogP) is 3.82. The first-order chi connectivity index (χ1) is 12.2. The highest BCUT2D eigenvalue weighted by Crippen LogP contribution is 2.35. The van der Waals surface area contributed by atoms with Crippen molar-refractivity contribution in [3.63, 3.8) is 0 Å². The predicted molar refractivity (Wildman–Crippen MR) is 96.1 cm³/mol. The molecule has 4 rings (SSSR count). The second-order valence-electron chi connectivity index (χ2n) is 5.47. The molecule has 1 saturated heterocycles. The summed E-state index contributed by atoms with van der Waals surface area (Å²) in [7, 11) is 0. The van der Waals surface area contributed by atoms with E-state index >= 15 is 0 Å². The van der Waals surface area contributed by atoms with Crippen LogP contribution in [0.4, 0.5) is 4.79 Å². The fourth-order valence-corrected chi connectivity index (χ4v) is 3.19. The number of imide groups is 1. The Morgan fingerprint density at radius 1 is 0.960 bits per heavy atom. The first-order valence-electron chi connectivity index (χ1n) is 7.62. The topological polar surface area (TPSA) is 64.6 Å².